The molecule has 5 nitrogen and oxygen atoms in total. The summed E-state index contributed by atoms with van der Waals surface area (Å²) in [4.78, 5) is 26.1. The Morgan fingerprint density at radius 3 is 2.58 bits per heavy atom. The average molecular weight is 437 g/mol. The molecule has 3 rings (SSSR count). The van der Waals surface area contributed by atoms with Crippen LogP contribution in [0, 0.1) is 5.92 Å². The molecule has 0 unspecified atom stereocenters. The maximum Gasteiger partial charge on any atom is 0.410 e. The van der Waals surface area contributed by atoms with Crippen LogP contribution < -0.4 is 5.32 Å². The van der Waals surface area contributed by atoms with Crippen molar-refractivity contribution in [2.24, 2.45) is 5.92 Å². The van der Waals surface area contributed by atoms with Crippen molar-refractivity contribution in [2.75, 3.05) is 19.6 Å². The fourth-order valence-electron chi connectivity index (χ4n) is 2.91. The Balaban J connectivity index is 1.38. The van der Waals surface area contributed by atoms with E-state index in [1.165, 1.54) is 11.3 Å². The van der Waals surface area contributed by atoms with Gasteiger partial charge in [0.05, 0.1) is 5.56 Å². The number of carbonyl (C=O) groups excluding carboxylic acids is 2. The number of benzene rings is 1. The molecule has 1 aliphatic heterocycles. The zero-order chi connectivity index (χ0) is 18.4. The van der Waals surface area contributed by atoms with E-state index < -0.39 is 0 Å². The van der Waals surface area contributed by atoms with Crippen molar-refractivity contribution >= 4 is 39.3 Å². The fraction of sp³-hybridized carbons (Fsp3) is 0.368. The number of hydrogen-bond acceptors (Lipinski definition) is 4. The number of halogens is 1. The summed E-state index contributed by atoms with van der Waals surface area (Å²) in [5.74, 6) is 0.331. The lowest BCUT2D eigenvalue weighted by atomic mass is 9.97. The number of thiophene rings is 1. The number of hydrogen-bond donors (Lipinski definition) is 1. The molecule has 1 N–H and O–H groups in total. The molecule has 1 aromatic heterocycles. The molecule has 1 fully saturated rings. The summed E-state index contributed by atoms with van der Waals surface area (Å²) >= 11 is 4.88. The predicted octanol–water partition coefficient (Wildman–Crippen LogP) is 4.29. The summed E-state index contributed by atoms with van der Waals surface area (Å²) in [6.45, 7) is 2.26. The van der Waals surface area contributed by atoms with Crippen molar-refractivity contribution in [1.82, 2.24) is 10.2 Å². The Labute approximate surface area is 165 Å². The Kier molecular flexibility index (Phi) is 6.68. The summed E-state index contributed by atoms with van der Waals surface area (Å²) in [6.07, 6.45) is 1.47. The summed E-state index contributed by atoms with van der Waals surface area (Å²) < 4.78 is 6.21. The first-order chi connectivity index (χ1) is 12.6. The molecule has 0 atom stereocenters. The Morgan fingerprint density at radius 2 is 1.92 bits per heavy atom. The van der Waals surface area contributed by atoms with Gasteiger partial charge in [-0.25, -0.2) is 4.79 Å². The van der Waals surface area contributed by atoms with E-state index in [-0.39, 0.29) is 12.0 Å². The van der Waals surface area contributed by atoms with Crippen molar-refractivity contribution in [1.29, 1.82) is 0 Å². The van der Waals surface area contributed by atoms with Crippen molar-refractivity contribution in [3.63, 3.8) is 0 Å². The lowest BCUT2D eigenvalue weighted by Gasteiger charge is -2.31. The van der Waals surface area contributed by atoms with Gasteiger partial charge in [-0.2, -0.15) is 11.3 Å². The minimum absolute atomic E-state index is 0.0529. The monoisotopic (exact) mass is 436 g/mol. The first-order valence-electron chi connectivity index (χ1n) is 8.59. The van der Waals surface area contributed by atoms with Crippen LogP contribution in [0.2, 0.25) is 0 Å². The van der Waals surface area contributed by atoms with Crippen LogP contribution in [0.1, 0.15) is 28.8 Å². The molecule has 0 saturated carbocycles. The topological polar surface area (TPSA) is 58.6 Å². The molecule has 2 amide bonds. The van der Waals surface area contributed by atoms with Crippen LogP contribution in [-0.2, 0) is 11.3 Å². The molecule has 26 heavy (non-hydrogen) atoms. The summed E-state index contributed by atoms with van der Waals surface area (Å²) in [5, 5.41) is 6.72. The molecule has 1 saturated heterocycles. The SMILES string of the molecule is O=C(NCC1CCN(C(=O)OCc2ccccc2)CC1)c1cscc1Br. The highest BCUT2D eigenvalue weighted by molar-refractivity contribution is 9.10. The predicted molar refractivity (Wildman–Crippen MR) is 105 cm³/mol. The Morgan fingerprint density at radius 1 is 1.19 bits per heavy atom. The highest BCUT2D eigenvalue weighted by atomic mass is 79.9. The third-order valence-electron chi connectivity index (χ3n) is 4.49. The van der Waals surface area contributed by atoms with E-state index in [0.717, 1.165) is 22.9 Å². The minimum Gasteiger partial charge on any atom is -0.445 e. The number of nitrogens with zero attached hydrogens (tertiary/aromatic N) is 1. The number of carbonyl (C=O) groups is 2. The standard InChI is InChI=1S/C19H21BrN2O3S/c20-17-13-26-12-16(17)18(23)21-10-14-6-8-22(9-7-14)19(24)25-11-15-4-2-1-3-5-15/h1-5,12-14H,6-11H2,(H,21,23). The molecule has 1 aromatic carbocycles. The summed E-state index contributed by atoms with van der Waals surface area (Å²) in [7, 11) is 0. The molecule has 2 aromatic rings. The lowest BCUT2D eigenvalue weighted by Crippen LogP contribution is -2.41. The lowest BCUT2D eigenvalue weighted by molar-refractivity contribution is 0.0800. The van der Waals surface area contributed by atoms with Crippen molar-refractivity contribution in [2.45, 2.75) is 19.4 Å². The number of amides is 2. The summed E-state index contributed by atoms with van der Waals surface area (Å²) in [5.41, 5.74) is 1.66. The van der Waals surface area contributed by atoms with E-state index >= 15 is 0 Å². The van der Waals surface area contributed by atoms with Crippen molar-refractivity contribution in [3.05, 3.63) is 56.7 Å². The highest BCUT2D eigenvalue weighted by Crippen LogP contribution is 2.22. The van der Waals surface area contributed by atoms with Crippen LogP contribution >= 0.6 is 27.3 Å². The van der Waals surface area contributed by atoms with Gasteiger partial charge >= 0.3 is 6.09 Å². The molecule has 0 aliphatic carbocycles. The largest absolute Gasteiger partial charge is 0.445 e. The Hall–Kier alpha value is -1.86. The van der Waals surface area contributed by atoms with E-state index in [1.54, 1.807) is 4.90 Å². The van der Waals surface area contributed by atoms with Crippen LogP contribution in [0.25, 0.3) is 0 Å². The molecule has 0 radical (unpaired) electrons. The number of nitrogens with one attached hydrogen (secondary N) is 1. The van der Waals surface area contributed by atoms with Gasteiger partial charge < -0.3 is 15.0 Å². The van der Waals surface area contributed by atoms with E-state index in [4.69, 9.17) is 4.74 Å². The van der Waals surface area contributed by atoms with Gasteiger partial charge in [0.1, 0.15) is 6.61 Å². The molecule has 0 bridgehead atoms. The van der Waals surface area contributed by atoms with Gasteiger partial charge in [-0.1, -0.05) is 30.3 Å². The number of rotatable bonds is 5. The van der Waals surface area contributed by atoms with Gasteiger partial charge in [-0.15, -0.1) is 0 Å². The first kappa shape index (κ1) is 18.9. The fourth-order valence-corrected chi connectivity index (χ4v) is 4.36. The molecular formula is C19H21BrN2O3S. The van der Waals surface area contributed by atoms with Crippen LogP contribution in [0.3, 0.4) is 0 Å². The highest BCUT2D eigenvalue weighted by Gasteiger charge is 2.24. The average Bonchev–Trinajstić information content (AvgIpc) is 3.11. The molecule has 2 heterocycles. The zero-order valence-corrected chi connectivity index (χ0v) is 16.7. The second-order valence-corrected chi connectivity index (χ2v) is 7.91. The van der Waals surface area contributed by atoms with Crippen LogP contribution in [0.15, 0.2) is 45.6 Å². The van der Waals surface area contributed by atoms with Crippen LogP contribution in [0.5, 0.6) is 0 Å². The minimum atomic E-state index is -0.265. The van der Waals surface area contributed by atoms with Crippen molar-refractivity contribution in [3.8, 4) is 0 Å². The van der Waals surface area contributed by atoms with Gasteiger partial charge in [0, 0.05) is 34.9 Å². The van der Waals surface area contributed by atoms with Gasteiger partial charge in [-0.05, 0) is 40.3 Å². The van der Waals surface area contributed by atoms with E-state index in [1.807, 2.05) is 41.1 Å². The molecule has 0 spiro atoms. The number of piperidine rings is 1. The van der Waals surface area contributed by atoms with Crippen molar-refractivity contribution < 1.29 is 14.3 Å². The number of ether oxygens (including phenoxy) is 1. The van der Waals surface area contributed by atoms with Gasteiger partial charge in [0.2, 0.25) is 0 Å². The second-order valence-electron chi connectivity index (χ2n) is 6.31. The molecule has 7 heteroatoms. The van der Waals surface area contributed by atoms with E-state index in [9.17, 15) is 9.59 Å². The molecule has 138 valence electrons. The third kappa shape index (κ3) is 5.08. The maximum atomic E-state index is 12.2. The zero-order valence-electron chi connectivity index (χ0n) is 14.3. The molecule has 1 aliphatic rings. The van der Waals surface area contributed by atoms with Gasteiger partial charge in [0.25, 0.3) is 5.91 Å². The van der Waals surface area contributed by atoms with E-state index in [2.05, 4.69) is 21.2 Å². The quantitative estimate of drug-likeness (QED) is 0.760. The Bertz CT molecular complexity index is 742. The first-order valence-corrected chi connectivity index (χ1v) is 10.3. The normalized spacial score (nSPS) is 14.9. The third-order valence-corrected chi connectivity index (χ3v) is 6.19. The van der Waals surface area contributed by atoms with Gasteiger partial charge in [-0.3, -0.25) is 4.79 Å². The van der Waals surface area contributed by atoms with Crippen LogP contribution in [0.4, 0.5) is 4.79 Å². The summed E-state index contributed by atoms with van der Waals surface area (Å²) in [6, 6.07) is 9.67. The maximum absolute atomic E-state index is 12.2. The second kappa shape index (κ2) is 9.19. The number of likely N-dealkylation sites (tertiary alicyclic amines) is 1. The molecular weight excluding hydrogens is 416 g/mol. The smallest absolute Gasteiger partial charge is 0.410 e. The van der Waals surface area contributed by atoms with E-state index in [0.29, 0.717) is 37.7 Å². The van der Waals surface area contributed by atoms with Crippen LogP contribution in [-0.4, -0.2) is 36.5 Å². The van der Waals surface area contributed by atoms with Gasteiger partial charge in [0.15, 0.2) is 0 Å².